The van der Waals surface area contributed by atoms with Crippen molar-refractivity contribution < 1.29 is 80.2 Å². The fraction of sp³-hybridized carbons (Fsp3) is 0.948. The monoisotopic (exact) mass is 1410 g/mol. The Labute approximate surface area is 588 Å². The smallest absolute Gasteiger partial charge is 0.462 e. The highest BCUT2D eigenvalue weighted by atomic mass is 31.2. The number of phosphoric ester groups is 2. The van der Waals surface area contributed by atoms with Crippen LogP contribution in [0.2, 0.25) is 0 Å². The van der Waals surface area contributed by atoms with Crippen molar-refractivity contribution in [2.45, 2.75) is 408 Å². The molecule has 6 atom stereocenters. The standard InChI is InChI=1S/C77H150O17P2/c1-9-70(8)56-48-40-35-36-42-50-58-75(80)88-64-73(94-76(81)59-51-43-33-27-20-15-11-10-13-17-23-29-37-45-53-67(2)3)66-92-96(85,86)90-62-71(78)61-89-95(83,84)91-65-72(93-77(82)60-52-44-34-28-22-21-25-31-39-47-55-69(6)7)63-87-74(79)57-49-41-32-26-19-16-12-14-18-24-30-38-46-54-68(4)5/h67-73,78H,9-66H2,1-8H3,(H,83,84)(H,85,86)/t70?,71-,72-,73-/m1/s1. The number of aliphatic hydroxyl groups excluding tert-OH is 1. The summed E-state index contributed by atoms with van der Waals surface area (Å²) < 4.78 is 68.6. The van der Waals surface area contributed by atoms with Crippen molar-refractivity contribution >= 4 is 39.5 Å². The predicted octanol–water partition coefficient (Wildman–Crippen LogP) is 22.4. The van der Waals surface area contributed by atoms with Gasteiger partial charge in [0.05, 0.1) is 26.4 Å². The van der Waals surface area contributed by atoms with E-state index in [4.69, 9.17) is 37.0 Å². The Kier molecular flexibility index (Phi) is 65.0. The van der Waals surface area contributed by atoms with Gasteiger partial charge in [-0.05, 0) is 49.4 Å². The molecule has 17 nitrogen and oxygen atoms in total. The van der Waals surface area contributed by atoms with Crippen LogP contribution in [-0.4, -0.2) is 96.7 Å². The molecule has 19 heteroatoms. The van der Waals surface area contributed by atoms with Crippen LogP contribution < -0.4 is 0 Å². The van der Waals surface area contributed by atoms with E-state index in [1.807, 2.05) is 0 Å². The molecule has 3 unspecified atom stereocenters. The normalized spacial score (nSPS) is 14.4. The van der Waals surface area contributed by atoms with E-state index in [0.29, 0.717) is 25.7 Å². The van der Waals surface area contributed by atoms with Crippen LogP contribution >= 0.6 is 15.6 Å². The molecule has 0 rings (SSSR count). The van der Waals surface area contributed by atoms with Crippen molar-refractivity contribution in [3.8, 4) is 0 Å². The largest absolute Gasteiger partial charge is 0.472 e. The van der Waals surface area contributed by atoms with Gasteiger partial charge in [-0.3, -0.25) is 37.3 Å². The molecule has 0 aliphatic carbocycles. The Morgan fingerprint density at radius 3 is 0.740 bits per heavy atom. The van der Waals surface area contributed by atoms with Crippen LogP contribution in [-0.2, 0) is 65.4 Å². The van der Waals surface area contributed by atoms with Crippen LogP contribution in [0.15, 0.2) is 0 Å². The Hall–Kier alpha value is -1.94. The lowest BCUT2D eigenvalue weighted by molar-refractivity contribution is -0.161. The van der Waals surface area contributed by atoms with Crippen molar-refractivity contribution in [3.63, 3.8) is 0 Å². The minimum absolute atomic E-state index is 0.106. The highest BCUT2D eigenvalue weighted by Crippen LogP contribution is 2.45. The number of hydrogen-bond donors (Lipinski definition) is 3. The van der Waals surface area contributed by atoms with Gasteiger partial charge in [0.25, 0.3) is 0 Å². The molecule has 0 aliphatic heterocycles. The summed E-state index contributed by atoms with van der Waals surface area (Å²) in [5, 5.41) is 10.6. The van der Waals surface area contributed by atoms with Gasteiger partial charge in [-0.2, -0.15) is 0 Å². The van der Waals surface area contributed by atoms with Gasteiger partial charge in [0.1, 0.15) is 19.3 Å². The first-order valence-corrected chi connectivity index (χ1v) is 42.7. The summed E-state index contributed by atoms with van der Waals surface area (Å²) in [7, 11) is -9.92. The Balaban J connectivity index is 5.24. The molecule has 0 bridgehead atoms. The molecule has 0 radical (unpaired) electrons. The van der Waals surface area contributed by atoms with Crippen LogP contribution in [0, 0.1) is 23.7 Å². The van der Waals surface area contributed by atoms with Crippen LogP contribution in [0.25, 0.3) is 0 Å². The van der Waals surface area contributed by atoms with Gasteiger partial charge in [0, 0.05) is 25.7 Å². The van der Waals surface area contributed by atoms with Crippen molar-refractivity contribution in [3.05, 3.63) is 0 Å². The third-order valence-electron chi connectivity index (χ3n) is 18.2. The number of rotatable bonds is 74. The number of carbonyl (C=O) groups excluding carboxylic acids is 4. The van der Waals surface area contributed by atoms with Crippen molar-refractivity contribution in [1.82, 2.24) is 0 Å². The quantitative estimate of drug-likeness (QED) is 0.0222. The number of esters is 4. The first kappa shape index (κ1) is 94.1. The van der Waals surface area contributed by atoms with Gasteiger partial charge in [0.2, 0.25) is 0 Å². The highest BCUT2D eigenvalue weighted by molar-refractivity contribution is 7.47. The Morgan fingerprint density at radius 1 is 0.292 bits per heavy atom. The van der Waals surface area contributed by atoms with Crippen molar-refractivity contribution in [2.24, 2.45) is 23.7 Å². The Bertz CT molecular complexity index is 1890. The van der Waals surface area contributed by atoms with Crippen LogP contribution in [0.5, 0.6) is 0 Å². The number of hydrogen-bond acceptors (Lipinski definition) is 15. The lowest BCUT2D eigenvalue weighted by Gasteiger charge is -2.21. The average molecular weight is 1410 g/mol. The first-order valence-electron chi connectivity index (χ1n) is 39.7. The molecule has 0 heterocycles. The minimum Gasteiger partial charge on any atom is -0.462 e. The van der Waals surface area contributed by atoms with E-state index in [1.54, 1.807) is 0 Å². The van der Waals surface area contributed by atoms with E-state index < -0.39 is 97.5 Å². The van der Waals surface area contributed by atoms with E-state index in [0.717, 1.165) is 120 Å². The number of carbonyl (C=O) groups is 4. The fourth-order valence-corrected chi connectivity index (χ4v) is 13.3. The number of aliphatic hydroxyl groups is 1. The third-order valence-corrected chi connectivity index (χ3v) is 20.1. The molecular formula is C77H150O17P2. The van der Waals surface area contributed by atoms with Gasteiger partial charge in [-0.25, -0.2) is 9.13 Å². The molecule has 0 aromatic carbocycles. The van der Waals surface area contributed by atoms with Crippen LogP contribution in [0.4, 0.5) is 0 Å². The second kappa shape index (κ2) is 66.3. The zero-order valence-electron chi connectivity index (χ0n) is 63.0. The van der Waals surface area contributed by atoms with E-state index in [-0.39, 0.29) is 25.7 Å². The molecule has 0 fully saturated rings. The first-order chi connectivity index (χ1) is 46.1. The second-order valence-corrected chi connectivity index (χ2v) is 32.3. The maximum absolute atomic E-state index is 13.1. The lowest BCUT2D eigenvalue weighted by Crippen LogP contribution is -2.30. The molecule has 0 aliphatic rings. The molecule has 3 N–H and O–H groups in total. The summed E-state index contributed by atoms with van der Waals surface area (Å²) in [5.41, 5.74) is 0. The molecular weight excluding hydrogens is 1260 g/mol. The summed E-state index contributed by atoms with van der Waals surface area (Å²) >= 11 is 0. The predicted molar refractivity (Wildman–Crippen MR) is 391 cm³/mol. The van der Waals surface area contributed by atoms with Crippen molar-refractivity contribution in [2.75, 3.05) is 39.6 Å². The van der Waals surface area contributed by atoms with Gasteiger partial charge in [-0.15, -0.1) is 0 Å². The zero-order chi connectivity index (χ0) is 71.0. The summed E-state index contributed by atoms with van der Waals surface area (Å²) in [5.74, 6) is 0.949. The van der Waals surface area contributed by atoms with Crippen LogP contribution in [0.3, 0.4) is 0 Å². The molecule has 0 aromatic heterocycles. The van der Waals surface area contributed by atoms with Gasteiger partial charge < -0.3 is 33.8 Å². The third kappa shape index (κ3) is 69.2. The van der Waals surface area contributed by atoms with Gasteiger partial charge in [0.15, 0.2) is 12.2 Å². The second-order valence-electron chi connectivity index (χ2n) is 29.4. The van der Waals surface area contributed by atoms with Crippen LogP contribution in [0.1, 0.15) is 389 Å². The molecule has 570 valence electrons. The Morgan fingerprint density at radius 2 is 0.500 bits per heavy atom. The lowest BCUT2D eigenvalue weighted by atomic mass is 10.00. The van der Waals surface area contributed by atoms with E-state index >= 15 is 0 Å². The molecule has 0 saturated carbocycles. The molecule has 0 spiro atoms. The molecule has 96 heavy (non-hydrogen) atoms. The van der Waals surface area contributed by atoms with Gasteiger partial charge >= 0.3 is 39.5 Å². The molecule has 0 amide bonds. The fourth-order valence-electron chi connectivity index (χ4n) is 11.7. The summed E-state index contributed by atoms with van der Waals surface area (Å²) in [6.07, 6.45) is 51.3. The highest BCUT2D eigenvalue weighted by Gasteiger charge is 2.30. The van der Waals surface area contributed by atoms with Gasteiger partial charge in [-0.1, -0.05) is 338 Å². The minimum atomic E-state index is -4.96. The maximum Gasteiger partial charge on any atom is 0.472 e. The number of unbranched alkanes of at least 4 members (excludes halogenated alkanes) is 39. The van der Waals surface area contributed by atoms with E-state index in [2.05, 4.69) is 55.4 Å². The SMILES string of the molecule is CCC(C)CCCCCCCCC(=O)OC[C@H](COP(=O)(O)OC[C@H](O)COP(=O)(O)OC[C@@H](COC(=O)CCCCCCCCCCCCCCCC(C)C)OC(=O)CCCCCCCCCCCCC(C)C)OC(=O)CCCCCCCCCCCCCCCCC(C)C. The average Bonchev–Trinajstić information content (AvgIpc) is 1.24. The molecule has 0 saturated heterocycles. The summed E-state index contributed by atoms with van der Waals surface area (Å²) in [6.45, 7) is 14.2. The topological polar surface area (TPSA) is 237 Å². The molecule has 0 aromatic rings. The number of phosphoric acid groups is 2. The van der Waals surface area contributed by atoms with E-state index in [1.165, 1.54) is 186 Å². The van der Waals surface area contributed by atoms with E-state index in [9.17, 15) is 43.2 Å². The number of ether oxygens (including phenoxy) is 4. The summed E-state index contributed by atoms with van der Waals surface area (Å²) in [4.78, 5) is 72.9. The van der Waals surface area contributed by atoms with Crippen molar-refractivity contribution in [1.29, 1.82) is 0 Å². The maximum atomic E-state index is 13.1. The zero-order valence-corrected chi connectivity index (χ0v) is 64.8. The summed E-state index contributed by atoms with van der Waals surface area (Å²) in [6, 6.07) is 0.